The predicted molar refractivity (Wildman–Crippen MR) is 137 cm³/mol. The summed E-state index contributed by atoms with van der Waals surface area (Å²) in [6.45, 7) is 0. The highest BCUT2D eigenvalue weighted by Crippen LogP contribution is 2.60. The zero-order valence-corrected chi connectivity index (χ0v) is 23.4. The fraction of sp³-hybridized carbons (Fsp3) is 0.304. The molecular weight excluding hydrogens is 632 g/mol. The van der Waals surface area contributed by atoms with Crippen molar-refractivity contribution in [2.75, 3.05) is 0 Å². The molecule has 0 bridgehead atoms. The molecule has 0 radical (unpaired) electrons. The van der Waals surface area contributed by atoms with Crippen molar-refractivity contribution in [2.45, 2.75) is 42.7 Å². The summed E-state index contributed by atoms with van der Waals surface area (Å²) in [6.07, 6.45) is -2.00. The Morgan fingerprint density at radius 1 is 0.744 bits per heavy atom. The molecule has 0 heterocycles. The minimum Gasteiger partial charge on any atom is -0.481 e. The van der Waals surface area contributed by atoms with E-state index in [2.05, 4.69) is 10.6 Å². The first-order valence-corrected chi connectivity index (χ1v) is 14.9. The number of carbonyl (C=O) groups excluding carboxylic acids is 3. The summed E-state index contributed by atoms with van der Waals surface area (Å²) in [5.41, 5.74) is -5.63. The van der Waals surface area contributed by atoms with E-state index in [0.717, 1.165) is 24.3 Å². The summed E-state index contributed by atoms with van der Waals surface area (Å²) in [5.74, 6) is -4.87. The first kappa shape index (κ1) is 35.5. The van der Waals surface area contributed by atoms with Gasteiger partial charge in [-0.2, -0.15) is 17.6 Å². The molecule has 2 atom stereocenters. The molecule has 14 nitrogen and oxygen atoms in total. The van der Waals surface area contributed by atoms with E-state index in [1.54, 1.807) is 0 Å². The van der Waals surface area contributed by atoms with Crippen LogP contribution in [0.4, 0.5) is 17.6 Å². The van der Waals surface area contributed by atoms with E-state index in [9.17, 15) is 45.9 Å². The number of nitrogens with two attached hydrogens (primary N) is 1. The number of hydrogen-bond donors (Lipinski definition) is 8. The maximum absolute atomic E-state index is 13.9. The van der Waals surface area contributed by atoms with Crippen molar-refractivity contribution in [3.05, 3.63) is 70.8 Å². The number of primary amides is 1. The van der Waals surface area contributed by atoms with E-state index >= 15 is 0 Å². The number of alkyl halides is 4. The Hall–Kier alpha value is -3.66. The lowest BCUT2D eigenvalue weighted by atomic mass is 10.0. The van der Waals surface area contributed by atoms with E-state index in [-0.39, 0.29) is 11.1 Å². The van der Waals surface area contributed by atoms with E-state index in [4.69, 9.17) is 30.4 Å². The molecule has 236 valence electrons. The summed E-state index contributed by atoms with van der Waals surface area (Å²) < 4.78 is 77.4. The average molecular weight is 657 g/mol. The molecule has 0 aromatic heterocycles. The highest BCUT2D eigenvalue weighted by Gasteiger charge is 2.51. The lowest BCUT2D eigenvalue weighted by Gasteiger charge is -2.22. The number of rotatable bonds is 14. The quantitative estimate of drug-likeness (QED) is 0.104. The highest BCUT2D eigenvalue weighted by molar-refractivity contribution is 7.52. The van der Waals surface area contributed by atoms with Crippen molar-refractivity contribution in [3.63, 3.8) is 0 Å². The number of aliphatic carboxylic acids is 1. The molecule has 0 fully saturated rings. The molecule has 2 aromatic carbocycles. The van der Waals surface area contributed by atoms with Gasteiger partial charge in [0, 0.05) is 17.5 Å². The molecule has 0 saturated carbocycles. The normalized spacial score (nSPS) is 14.0. The van der Waals surface area contributed by atoms with Gasteiger partial charge in [-0.15, -0.1) is 0 Å². The number of carboxylic acid groups (broad SMARTS) is 1. The third kappa shape index (κ3) is 9.16. The third-order valence-electron chi connectivity index (χ3n) is 5.83. The van der Waals surface area contributed by atoms with Crippen LogP contribution in [-0.4, -0.2) is 60.5 Å². The van der Waals surface area contributed by atoms with E-state index < -0.39 is 92.7 Å². The molecule has 3 amide bonds. The molecular formula is C23H25F4N3O11P2. The minimum absolute atomic E-state index is 0.0417. The van der Waals surface area contributed by atoms with Crippen LogP contribution in [0.15, 0.2) is 48.5 Å². The van der Waals surface area contributed by atoms with Gasteiger partial charge in [-0.05, 0) is 11.1 Å². The standard InChI is InChI=1S/C23H25F4N3O11P2/c24-22(25,42(36,37)38)14-5-1-12(2-6-14)9-16(20(28)34)30-21(35)17(11-19(32)33)29-18(31)10-13-3-7-15(8-4-13)23(26,27)43(39,40)41/h1-8,16-17H,9-11H2,(H2,28,34)(H,29,31)(H,30,35)(H,32,33)(H2,36,37,38)(H2,39,40,41)/t16-,17+/m1/s1. The van der Waals surface area contributed by atoms with Gasteiger partial charge in [-0.3, -0.25) is 28.3 Å². The number of amides is 3. The van der Waals surface area contributed by atoms with E-state index in [1.165, 1.54) is 0 Å². The fourth-order valence-corrected chi connectivity index (χ4v) is 4.52. The molecule has 2 rings (SSSR count). The lowest BCUT2D eigenvalue weighted by molar-refractivity contribution is -0.140. The van der Waals surface area contributed by atoms with Crippen LogP contribution in [-0.2, 0) is 52.5 Å². The molecule has 0 unspecified atom stereocenters. The number of carboxylic acids is 1. The van der Waals surface area contributed by atoms with Gasteiger partial charge in [-0.1, -0.05) is 48.5 Å². The van der Waals surface area contributed by atoms with Crippen molar-refractivity contribution in [1.29, 1.82) is 0 Å². The van der Waals surface area contributed by atoms with E-state index in [1.807, 2.05) is 0 Å². The Morgan fingerprint density at radius 2 is 1.16 bits per heavy atom. The van der Waals surface area contributed by atoms with Crippen molar-refractivity contribution < 1.29 is 70.6 Å². The molecule has 9 N–H and O–H groups in total. The van der Waals surface area contributed by atoms with Gasteiger partial charge >= 0.3 is 32.5 Å². The minimum atomic E-state index is -5.85. The summed E-state index contributed by atoms with van der Waals surface area (Å²) in [5, 5.41) is 13.4. The van der Waals surface area contributed by atoms with Gasteiger partial charge in [0.05, 0.1) is 12.8 Å². The molecule has 0 aliphatic heterocycles. The zero-order valence-electron chi connectivity index (χ0n) is 21.6. The summed E-state index contributed by atoms with van der Waals surface area (Å²) in [7, 11) is -11.7. The van der Waals surface area contributed by atoms with Crippen LogP contribution in [0.2, 0.25) is 0 Å². The molecule has 20 heteroatoms. The highest BCUT2D eigenvalue weighted by atomic mass is 31.2. The number of halogens is 4. The van der Waals surface area contributed by atoms with Gasteiger partial charge in [0.2, 0.25) is 17.7 Å². The molecule has 0 aliphatic carbocycles. The second kappa shape index (κ2) is 13.3. The second-order valence-corrected chi connectivity index (χ2v) is 12.4. The number of hydrogen-bond acceptors (Lipinski definition) is 6. The SMILES string of the molecule is NC(=O)[C@@H](Cc1ccc(C(F)(F)P(=O)(O)O)cc1)NC(=O)[C@H](CC(=O)O)NC(=O)Cc1ccc(C(F)(F)P(=O)(O)O)cc1. The molecule has 0 spiro atoms. The number of benzene rings is 2. The maximum Gasteiger partial charge on any atom is 0.399 e. The van der Waals surface area contributed by atoms with Crippen molar-refractivity contribution in [3.8, 4) is 0 Å². The summed E-state index contributed by atoms with van der Waals surface area (Å²) in [6, 6.07) is 3.23. The van der Waals surface area contributed by atoms with Crippen molar-refractivity contribution in [2.24, 2.45) is 5.73 Å². The van der Waals surface area contributed by atoms with Crippen LogP contribution in [0, 0.1) is 0 Å². The van der Waals surface area contributed by atoms with E-state index in [0.29, 0.717) is 24.3 Å². The van der Waals surface area contributed by atoms with Gasteiger partial charge in [0.1, 0.15) is 12.1 Å². The fourth-order valence-electron chi connectivity index (χ4n) is 3.55. The first-order chi connectivity index (χ1) is 19.6. The van der Waals surface area contributed by atoms with Crippen molar-refractivity contribution in [1.82, 2.24) is 10.6 Å². The Balaban J connectivity index is 2.14. The monoisotopic (exact) mass is 657 g/mol. The number of carbonyl (C=O) groups is 4. The van der Waals surface area contributed by atoms with Crippen LogP contribution < -0.4 is 16.4 Å². The molecule has 0 aliphatic rings. The predicted octanol–water partition coefficient (Wildman–Crippen LogP) is 0.855. The van der Waals surface area contributed by atoms with Crippen LogP contribution in [0.3, 0.4) is 0 Å². The lowest BCUT2D eigenvalue weighted by Crippen LogP contribution is -2.54. The third-order valence-corrected chi connectivity index (χ3v) is 7.81. The Kier molecular flexibility index (Phi) is 11.0. The first-order valence-electron chi connectivity index (χ1n) is 11.7. The van der Waals surface area contributed by atoms with Crippen LogP contribution in [0.25, 0.3) is 0 Å². The molecule has 43 heavy (non-hydrogen) atoms. The Labute approximate surface area is 239 Å². The zero-order chi connectivity index (χ0) is 33.0. The van der Waals surface area contributed by atoms with Gasteiger partial charge in [-0.25, -0.2) is 0 Å². The average Bonchev–Trinajstić information content (AvgIpc) is 2.86. The largest absolute Gasteiger partial charge is 0.481 e. The second-order valence-electron chi connectivity index (χ2n) is 9.13. The molecule has 0 saturated heterocycles. The molecule has 2 aromatic rings. The summed E-state index contributed by atoms with van der Waals surface area (Å²) in [4.78, 5) is 83.8. The van der Waals surface area contributed by atoms with Crippen LogP contribution >= 0.6 is 15.2 Å². The summed E-state index contributed by atoms with van der Waals surface area (Å²) >= 11 is 0. The van der Waals surface area contributed by atoms with Crippen LogP contribution in [0.1, 0.15) is 28.7 Å². The smallest absolute Gasteiger partial charge is 0.399 e. The van der Waals surface area contributed by atoms with Gasteiger partial charge in [0.15, 0.2) is 0 Å². The topological polar surface area (TPSA) is 254 Å². The van der Waals surface area contributed by atoms with Crippen molar-refractivity contribution >= 4 is 38.9 Å². The van der Waals surface area contributed by atoms with Gasteiger partial charge < -0.3 is 41.0 Å². The Bertz CT molecular complexity index is 1460. The maximum atomic E-state index is 13.9. The number of nitrogens with one attached hydrogen (secondary N) is 2. The van der Waals surface area contributed by atoms with Crippen LogP contribution in [0.5, 0.6) is 0 Å². The van der Waals surface area contributed by atoms with Gasteiger partial charge in [0.25, 0.3) is 0 Å². The Morgan fingerprint density at radius 3 is 1.53 bits per heavy atom.